The van der Waals surface area contributed by atoms with Gasteiger partial charge < -0.3 is 9.80 Å². The minimum absolute atomic E-state index is 0.675. The molecule has 6 rings (SSSR count). The molecule has 0 saturated heterocycles. The summed E-state index contributed by atoms with van der Waals surface area (Å²) in [5.74, 6) is 0. The van der Waals surface area contributed by atoms with Crippen molar-refractivity contribution < 1.29 is 0 Å². The van der Waals surface area contributed by atoms with E-state index in [2.05, 4.69) is 143 Å². The highest BCUT2D eigenvalue weighted by Gasteiger charge is 2.16. The molecule has 0 aliphatic rings. The third-order valence-corrected chi connectivity index (χ3v) is 8.42. The van der Waals surface area contributed by atoms with Crippen LogP contribution in [0.15, 0.2) is 158 Å². The maximum absolute atomic E-state index is 7.01. The van der Waals surface area contributed by atoms with Crippen LogP contribution in [-0.2, 0) is 26.2 Å². The second-order valence-corrected chi connectivity index (χ2v) is 11.8. The molecule has 0 saturated carbocycles. The maximum atomic E-state index is 7.01. The first-order chi connectivity index (χ1) is 21.6. The Hall–Kier alpha value is -4.50. The Labute approximate surface area is 270 Å². The Morgan fingerprint density at radius 3 is 0.864 bits per heavy atom. The molecule has 0 unspecified atom stereocenters. The fourth-order valence-corrected chi connectivity index (χ4v) is 6.08. The van der Waals surface area contributed by atoms with Crippen LogP contribution in [-0.4, -0.2) is 0 Å². The van der Waals surface area contributed by atoms with Crippen molar-refractivity contribution in [1.29, 1.82) is 0 Å². The zero-order chi connectivity index (χ0) is 30.1. The van der Waals surface area contributed by atoms with Crippen LogP contribution in [0.2, 0.25) is 10.0 Å². The first-order valence-corrected chi connectivity index (χ1v) is 15.6. The molecule has 0 aliphatic carbocycles. The van der Waals surface area contributed by atoms with Crippen molar-refractivity contribution in [3.8, 4) is 11.1 Å². The van der Waals surface area contributed by atoms with E-state index in [4.69, 9.17) is 23.2 Å². The van der Waals surface area contributed by atoms with Crippen LogP contribution in [0.25, 0.3) is 11.1 Å². The van der Waals surface area contributed by atoms with Gasteiger partial charge in [-0.3, -0.25) is 0 Å². The second kappa shape index (κ2) is 14.3. The molecule has 0 N–H and O–H groups in total. The van der Waals surface area contributed by atoms with Gasteiger partial charge in [-0.25, -0.2) is 0 Å². The normalized spacial score (nSPS) is 10.9. The second-order valence-electron chi connectivity index (χ2n) is 11.0. The smallest absolute Gasteiger partial charge is 0.0505 e. The van der Waals surface area contributed by atoms with Crippen LogP contribution in [0.3, 0.4) is 0 Å². The van der Waals surface area contributed by atoms with Crippen LogP contribution in [0.5, 0.6) is 0 Å². The van der Waals surface area contributed by atoms with E-state index in [1.165, 1.54) is 22.3 Å². The third kappa shape index (κ3) is 7.52. The molecule has 44 heavy (non-hydrogen) atoms. The minimum atomic E-state index is 0.675. The van der Waals surface area contributed by atoms with Gasteiger partial charge in [0.2, 0.25) is 0 Å². The minimum Gasteiger partial charge on any atom is -0.363 e. The molecule has 0 atom stereocenters. The highest BCUT2D eigenvalue weighted by Crippen LogP contribution is 2.38. The zero-order valence-corrected chi connectivity index (χ0v) is 26.0. The highest BCUT2D eigenvalue weighted by molar-refractivity contribution is 6.36. The maximum Gasteiger partial charge on any atom is 0.0505 e. The third-order valence-electron chi connectivity index (χ3n) is 7.79. The topological polar surface area (TPSA) is 6.48 Å². The number of hydrogen-bond donors (Lipinski definition) is 0. The van der Waals surface area contributed by atoms with Gasteiger partial charge in [0.1, 0.15) is 0 Å². The van der Waals surface area contributed by atoms with E-state index < -0.39 is 0 Å². The lowest BCUT2D eigenvalue weighted by atomic mass is 10.0. The molecular formula is C40H34Cl2N2. The Bertz CT molecular complexity index is 1560. The molecule has 6 aromatic carbocycles. The lowest BCUT2D eigenvalue weighted by Gasteiger charge is -2.27. The standard InChI is InChI=1S/C40H34Cl2N2/c41-39-25-35(43(27-31-13-5-1-6-14-31)28-32-15-7-2-8-16-32)21-23-37(39)38-24-22-36(26-40(38)42)44(29-33-17-9-3-10-18-33)30-34-19-11-4-12-20-34/h1-26H,27-30H2. The first-order valence-electron chi connectivity index (χ1n) is 14.9. The Kier molecular flexibility index (Phi) is 9.62. The Balaban J connectivity index is 1.28. The lowest BCUT2D eigenvalue weighted by Crippen LogP contribution is -2.22. The summed E-state index contributed by atoms with van der Waals surface area (Å²) in [7, 11) is 0. The van der Waals surface area contributed by atoms with Gasteiger partial charge >= 0.3 is 0 Å². The van der Waals surface area contributed by atoms with Crippen molar-refractivity contribution in [3.63, 3.8) is 0 Å². The zero-order valence-electron chi connectivity index (χ0n) is 24.5. The summed E-state index contributed by atoms with van der Waals surface area (Å²) in [6.07, 6.45) is 0. The van der Waals surface area contributed by atoms with Gasteiger partial charge in [-0.05, 0) is 46.5 Å². The molecular weight excluding hydrogens is 579 g/mol. The molecule has 0 fully saturated rings. The van der Waals surface area contributed by atoms with Crippen LogP contribution in [0, 0.1) is 0 Å². The molecule has 0 radical (unpaired) electrons. The van der Waals surface area contributed by atoms with Gasteiger partial charge in [0.05, 0.1) is 10.0 Å². The SMILES string of the molecule is Clc1cc(N(Cc2ccccc2)Cc2ccccc2)ccc1-c1ccc(N(Cc2ccccc2)Cc2ccccc2)cc1Cl. The summed E-state index contributed by atoms with van der Waals surface area (Å²) in [6.45, 7) is 3.11. The molecule has 0 aromatic heterocycles. The molecule has 6 aromatic rings. The largest absolute Gasteiger partial charge is 0.363 e. The molecule has 0 heterocycles. The van der Waals surface area contributed by atoms with Crippen LogP contribution in [0.4, 0.5) is 11.4 Å². The van der Waals surface area contributed by atoms with Crippen molar-refractivity contribution in [2.24, 2.45) is 0 Å². The highest BCUT2D eigenvalue weighted by atomic mass is 35.5. The van der Waals surface area contributed by atoms with Crippen molar-refractivity contribution in [2.75, 3.05) is 9.80 Å². The fourth-order valence-electron chi connectivity index (χ4n) is 5.53. The van der Waals surface area contributed by atoms with E-state index >= 15 is 0 Å². The van der Waals surface area contributed by atoms with E-state index in [0.717, 1.165) is 48.7 Å². The van der Waals surface area contributed by atoms with Gasteiger partial charge in [0.25, 0.3) is 0 Å². The molecule has 0 bridgehead atoms. The number of anilines is 2. The van der Waals surface area contributed by atoms with E-state index in [1.54, 1.807) is 0 Å². The van der Waals surface area contributed by atoms with Gasteiger partial charge in [0, 0.05) is 48.7 Å². The molecule has 2 nitrogen and oxygen atoms in total. The number of nitrogens with zero attached hydrogens (tertiary/aromatic N) is 2. The summed E-state index contributed by atoms with van der Waals surface area (Å²) >= 11 is 14.0. The number of hydrogen-bond acceptors (Lipinski definition) is 2. The Morgan fingerprint density at radius 1 is 0.341 bits per heavy atom. The van der Waals surface area contributed by atoms with Crippen molar-refractivity contribution in [1.82, 2.24) is 0 Å². The number of rotatable bonds is 11. The summed E-state index contributed by atoms with van der Waals surface area (Å²) in [6, 6.07) is 54.7. The van der Waals surface area contributed by atoms with Crippen molar-refractivity contribution in [3.05, 3.63) is 190 Å². The van der Waals surface area contributed by atoms with E-state index in [1.807, 2.05) is 24.3 Å². The summed E-state index contributed by atoms with van der Waals surface area (Å²) < 4.78 is 0. The lowest BCUT2D eigenvalue weighted by molar-refractivity contribution is 0.800. The van der Waals surface area contributed by atoms with E-state index in [9.17, 15) is 0 Å². The molecule has 0 aliphatic heterocycles. The average molecular weight is 614 g/mol. The molecule has 0 amide bonds. The van der Waals surface area contributed by atoms with Gasteiger partial charge in [0.15, 0.2) is 0 Å². The average Bonchev–Trinajstić information content (AvgIpc) is 3.06. The van der Waals surface area contributed by atoms with Gasteiger partial charge in [-0.1, -0.05) is 157 Å². The molecule has 218 valence electrons. The summed E-state index contributed by atoms with van der Waals surface area (Å²) in [4.78, 5) is 4.71. The fraction of sp³-hybridized carbons (Fsp3) is 0.100. The first kappa shape index (κ1) is 29.6. The molecule has 0 spiro atoms. The quantitative estimate of drug-likeness (QED) is 0.143. The van der Waals surface area contributed by atoms with Crippen LogP contribution in [0.1, 0.15) is 22.3 Å². The van der Waals surface area contributed by atoms with Crippen molar-refractivity contribution in [2.45, 2.75) is 26.2 Å². The van der Waals surface area contributed by atoms with Crippen LogP contribution < -0.4 is 9.80 Å². The van der Waals surface area contributed by atoms with Crippen molar-refractivity contribution >= 4 is 34.6 Å². The monoisotopic (exact) mass is 612 g/mol. The molecule has 4 heteroatoms. The van der Waals surface area contributed by atoms with Gasteiger partial charge in [-0.2, -0.15) is 0 Å². The van der Waals surface area contributed by atoms with E-state index in [0.29, 0.717) is 10.0 Å². The number of benzene rings is 6. The van der Waals surface area contributed by atoms with Crippen LogP contribution >= 0.6 is 23.2 Å². The van der Waals surface area contributed by atoms with Gasteiger partial charge in [-0.15, -0.1) is 0 Å². The van der Waals surface area contributed by atoms with E-state index in [-0.39, 0.29) is 0 Å². The predicted molar refractivity (Wildman–Crippen MR) is 187 cm³/mol. The summed E-state index contributed by atoms with van der Waals surface area (Å²) in [5, 5.41) is 1.35. The number of halogens is 2. The summed E-state index contributed by atoms with van der Waals surface area (Å²) in [5.41, 5.74) is 8.96. The Morgan fingerprint density at radius 2 is 0.614 bits per heavy atom. The predicted octanol–water partition coefficient (Wildman–Crippen LogP) is 11.1.